The van der Waals surface area contributed by atoms with Crippen LogP contribution in [-0.2, 0) is 16.8 Å². The van der Waals surface area contributed by atoms with E-state index < -0.39 is 5.54 Å². The van der Waals surface area contributed by atoms with Crippen molar-refractivity contribution in [3.8, 4) is 5.75 Å². The second-order valence-corrected chi connectivity index (χ2v) is 7.20. The zero-order valence-corrected chi connectivity index (χ0v) is 14.1. The van der Waals surface area contributed by atoms with Crippen LogP contribution in [0.2, 0.25) is 0 Å². The van der Waals surface area contributed by atoms with Gasteiger partial charge in [0.25, 0.3) is 0 Å². The van der Waals surface area contributed by atoms with Gasteiger partial charge in [0.15, 0.2) is 0 Å². The average Bonchev–Trinajstić information content (AvgIpc) is 2.92. The zero-order chi connectivity index (χ0) is 16.5. The smallest absolute Gasteiger partial charge is 0.244 e. The van der Waals surface area contributed by atoms with E-state index in [0.29, 0.717) is 13.0 Å². The second kappa shape index (κ2) is 6.13. The summed E-state index contributed by atoms with van der Waals surface area (Å²) < 4.78 is 5.41. The van der Waals surface area contributed by atoms with E-state index in [1.807, 2.05) is 18.2 Å². The average molecular weight is 317 g/mol. The first-order valence-electron chi connectivity index (χ1n) is 8.43. The van der Waals surface area contributed by atoms with E-state index in [1.54, 1.807) is 7.11 Å². The number of nitrogens with two attached hydrogens (primary N) is 1. The van der Waals surface area contributed by atoms with Gasteiger partial charge in [0, 0.05) is 6.54 Å². The zero-order valence-electron chi connectivity index (χ0n) is 14.1. The van der Waals surface area contributed by atoms with Gasteiger partial charge in [-0.15, -0.1) is 0 Å². The highest BCUT2D eigenvalue weighted by Crippen LogP contribution is 2.40. The van der Waals surface area contributed by atoms with Gasteiger partial charge >= 0.3 is 0 Å². The number of rotatable bonds is 4. The molecule has 2 aliphatic rings. The van der Waals surface area contributed by atoms with Crippen molar-refractivity contribution in [2.75, 3.05) is 26.7 Å². The molecule has 1 aliphatic heterocycles. The van der Waals surface area contributed by atoms with Crippen LogP contribution < -0.4 is 21.1 Å². The summed E-state index contributed by atoms with van der Waals surface area (Å²) in [5.41, 5.74) is 7.72. The predicted molar refractivity (Wildman–Crippen MR) is 90.4 cm³/mol. The number of benzene rings is 1. The predicted octanol–water partition coefficient (Wildman–Crippen LogP) is 1.30. The van der Waals surface area contributed by atoms with Crippen molar-refractivity contribution in [3.05, 3.63) is 29.3 Å². The van der Waals surface area contributed by atoms with Gasteiger partial charge in [-0.3, -0.25) is 4.79 Å². The van der Waals surface area contributed by atoms with Crippen LogP contribution in [0.25, 0.3) is 0 Å². The summed E-state index contributed by atoms with van der Waals surface area (Å²) in [5.74, 6) is 0.761. The maximum Gasteiger partial charge on any atom is 0.244 e. The van der Waals surface area contributed by atoms with E-state index in [9.17, 15) is 4.79 Å². The van der Waals surface area contributed by atoms with Crippen LogP contribution in [0.1, 0.15) is 37.3 Å². The van der Waals surface area contributed by atoms with Crippen LogP contribution in [0.15, 0.2) is 18.2 Å². The normalized spacial score (nSPS) is 25.7. The number of ether oxygens (including phenoxy) is 1. The minimum atomic E-state index is -0.937. The molecule has 1 aromatic rings. The first-order chi connectivity index (χ1) is 11.0. The van der Waals surface area contributed by atoms with E-state index in [0.717, 1.165) is 49.2 Å². The van der Waals surface area contributed by atoms with Gasteiger partial charge in [-0.2, -0.15) is 0 Å². The van der Waals surface area contributed by atoms with E-state index in [2.05, 4.69) is 17.6 Å². The highest BCUT2D eigenvalue weighted by Gasteiger charge is 2.43. The van der Waals surface area contributed by atoms with Crippen LogP contribution in [-0.4, -0.2) is 32.7 Å². The molecule has 1 heterocycles. The van der Waals surface area contributed by atoms with Crippen LogP contribution in [0, 0.1) is 5.41 Å². The lowest BCUT2D eigenvalue weighted by atomic mass is 9.80. The molecular formula is C18H27N3O2. The van der Waals surface area contributed by atoms with Gasteiger partial charge in [-0.1, -0.05) is 19.1 Å². The van der Waals surface area contributed by atoms with Crippen molar-refractivity contribution in [1.82, 2.24) is 10.6 Å². The Morgan fingerprint density at radius 2 is 2.09 bits per heavy atom. The number of carbonyl (C=O) groups is 1. The van der Waals surface area contributed by atoms with Crippen molar-refractivity contribution in [1.29, 1.82) is 0 Å². The van der Waals surface area contributed by atoms with Gasteiger partial charge in [0.1, 0.15) is 11.3 Å². The monoisotopic (exact) mass is 317 g/mol. The van der Waals surface area contributed by atoms with E-state index in [4.69, 9.17) is 10.5 Å². The molecule has 1 atom stereocenters. The standard InChI is InChI=1S/C18H27N3O2/c1-17(8-10-20-11-9-17)12-21-16(22)18(19)7-6-13-14(18)4-3-5-15(13)23-2/h3-5,20H,6-12,19H2,1-2H3,(H,21,22). The molecule has 1 saturated heterocycles. The lowest BCUT2D eigenvalue weighted by Crippen LogP contribution is -2.52. The van der Waals surface area contributed by atoms with Crippen molar-refractivity contribution in [3.63, 3.8) is 0 Å². The summed E-state index contributed by atoms with van der Waals surface area (Å²) in [4.78, 5) is 12.8. The molecule has 0 aromatic heterocycles. The number of nitrogens with one attached hydrogen (secondary N) is 2. The number of fused-ring (bicyclic) bond motifs is 1. The van der Waals surface area contributed by atoms with Crippen LogP contribution >= 0.6 is 0 Å². The lowest BCUT2D eigenvalue weighted by Gasteiger charge is -2.35. The highest BCUT2D eigenvalue weighted by atomic mass is 16.5. The highest BCUT2D eigenvalue weighted by molar-refractivity contribution is 5.89. The number of hydrogen-bond donors (Lipinski definition) is 3. The fraction of sp³-hybridized carbons (Fsp3) is 0.611. The summed E-state index contributed by atoms with van der Waals surface area (Å²) in [7, 11) is 1.66. The first kappa shape index (κ1) is 16.3. The Morgan fingerprint density at radius 3 is 2.78 bits per heavy atom. The number of methoxy groups -OCH3 is 1. The Balaban J connectivity index is 1.73. The number of carbonyl (C=O) groups excluding carboxylic acids is 1. The Kier molecular flexibility index (Phi) is 4.34. The van der Waals surface area contributed by atoms with Gasteiger partial charge < -0.3 is 21.1 Å². The quantitative estimate of drug-likeness (QED) is 0.782. The third-order valence-corrected chi connectivity index (χ3v) is 5.49. The van der Waals surface area contributed by atoms with Crippen molar-refractivity contribution >= 4 is 5.91 Å². The Labute approximate surface area is 138 Å². The van der Waals surface area contributed by atoms with Gasteiger partial charge in [-0.25, -0.2) is 0 Å². The molecular weight excluding hydrogens is 290 g/mol. The topological polar surface area (TPSA) is 76.4 Å². The van der Waals surface area contributed by atoms with Crippen molar-refractivity contribution in [2.45, 2.75) is 38.1 Å². The third kappa shape index (κ3) is 2.95. The molecule has 126 valence electrons. The molecule has 0 radical (unpaired) electrons. The van der Waals surface area contributed by atoms with Gasteiger partial charge in [0.05, 0.1) is 7.11 Å². The fourth-order valence-corrected chi connectivity index (χ4v) is 3.78. The summed E-state index contributed by atoms with van der Waals surface area (Å²) in [6.07, 6.45) is 3.57. The van der Waals surface area contributed by atoms with E-state index in [-0.39, 0.29) is 11.3 Å². The molecule has 0 saturated carbocycles. The molecule has 1 aromatic carbocycles. The Morgan fingerprint density at radius 1 is 1.35 bits per heavy atom. The summed E-state index contributed by atoms with van der Waals surface area (Å²) in [6, 6.07) is 5.79. The van der Waals surface area contributed by atoms with Gasteiger partial charge in [-0.05, 0) is 61.4 Å². The first-order valence-corrected chi connectivity index (χ1v) is 8.43. The molecule has 4 N–H and O–H groups in total. The molecule has 0 spiro atoms. The lowest BCUT2D eigenvalue weighted by molar-refractivity contribution is -0.127. The molecule has 1 amide bonds. The molecule has 23 heavy (non-hydrogen) atoms. The van der Waals surface area contributed by atoms with Crippen LogP contribution in [0.5, 0.6) is 5.75 Å². The molecule has 0 bridgehead atoms. The summed E-state index contributed by atoms with van der Waals surface area (Å²) in [5, 5.41) is 6.49. The van der Waals surface area contributed by atoms with Crippen molar-refractivity contribution < 1.29 is 9.53 Å². The molecule has 1 unspecified atom stereocenters. The SMILES string of the molecule is COc1cccc2c1CCC2(N)C(=O)NCC1(C)CCNCC1. The number of amides is 1. The second-order valence-electron chi connectivity index (χ2n) is 7.20. The van der Waals surface area contributed by atoms with E-state index >= 15 is 0 Å². The minimum Gasteiger partial charge on any atom is -0.496 e. The summed E-state index contributed by atoms with van der Waals surface area (Å²) >= 11 is 0. The molecule has 5 heteroatoms. The van der Waals surface area contributed by atoms with E-state index in [1.165, 1.54) is 0 Å². The number of hydrogen-bond acceptors (Lipinski definition) is 4. The summed E-state index contributed by atoms with van der Waals surface area (Å²) in [6.45, 7) is 4.95. The molecule has 5 nitrogen and oxygen atoms in total. The third-order valence-electron chi connectivity index (χ3n) is 5.49. The molecule has 3 rings (SSSR count). The largest absolute Gasteiger partial charge is 0.496 e. The molecule has 1 aliphatic carbocycles. The molecule has 1 fully saturated rings. The van der Waals surface area contributed by atoms with Gasteiger partial charge in [0.2, 0.25) is 5.91 Å². The fourth-order valence-electron chi connectivity index (χ4n) is 3.78. The minimum absolute atomic E-state index is 0.0655. The maximum absolute atomic E-state index is 12.8. The Hall–Kier alpha value is -1.59. The number of piperidine rings is 1. The maximum atomic E-state index is 12.8. The van der Waals surface area contributed by atoms with Crippen LogP contribution in [0.4, 0.5) is 0 Å². The van der Waals surface area contributed by atoms with Crippen LogP contribution in [0.3, 0.4) is 0 Å². The van der Waals surface area contributed by atoms with Crippen molar-refractivity contribution in [2.24, 2.45) is 11.1 Å². The Bertz CT molecular complexity index is 596.